The fourth-order valence-electron chi connectivity index (χ4n) is 11.7. The summed E-state index contributed by atoms with van der Waals surface area (Å²) in [6.45, 7) is 4.37. The number of phosphoric acid groups is 1. The molecule has 2 atom stereocenters. The van der Waals surface area contributed by atoms with E-state index >= 15 is 0 Å². The smallest absolute Gasteiger partial charge is 0.462 e. The van der Waals surface area contributed by atoms with Gasteiger partial charge in [-0.25, -0.2) is 4.57 Å². The number of quaternary nitrogens is 1. The van der Waals surface area contributed by atoms with Crippen LogP contribution in [0.5, 0.6) is 0 Å². The second kappa shape index (κ2) is 75.9. The molecule has 0 amide bonds. The molecule has 0 aliphatic heterocycles. The predicted molar refractivity (Wildman–Crippen MR) is 418 cm³/mol. The summed E-state index contributed by atoms with van der Waals surface area (Å²) in [6, 6.07) is 0. The molecule has 0 aromatic rings. The van der Waals surface area contributed by atoms with Crippen LogP contribution in [0.15, 0.2) is 109 Å². The van der Waals surface area contributed by atoms with E-state index in [0.29, 0.717) is 17.4 Å². The lowest BCUT2D eigenvalue weighted by atomic mass is 10.0. The predicted octanol–water partition coefficient (Wildman–Crippen LogP) is 27.2. The zero-order valence-electron chi connectivity index (χ0n) is 63.6. The Balaban J connectivity index is 3.99. The third kappa shape index (κ3) is 79.7. The van der Waals surface area contributed by atoms with Crippen molar-refractivity contribution in [1.29, 1.82) is 0 Å². The number of allylic oxidation sites excluding steroid dienone is 18. The Kier molecular flexibility index (Phi) is 73.2. The fraction of sp³-hybridized carbons (Fsp3) is 0.767. The summed E-state index contributed by atoms with van der Waals surface area (Å²) in [4.78, 5) is 36.0. The largest absolute Gasteiger partial charge is 0.472 e. The highest BCUT2D eigenvalue weighted by Gasteiger charge is 2.27. The third-order valence-corrected chi connectivity index (χ3v) is 18.8. The van der Waals surface area contributed by atoms with E-state index in [4.69, 9.17) is 18.5 Å². The molecule has 0 aliphatic carbocycles. The van der Waals surface area contributed by atoms with Gasteiger partial charge in [-0.05, 0) is 83.5 Å². The number of carbonyl (C=O) groups excluding carboxylic acids is 2. The molecule has 0 rings (SSSR count). The highest BCUT2D eigenvalue weighted by molar-refractivity contribution is 7.47. The Morgan fingerprint density at radius 2 is 0.594 bits per heavy atom. The second-order valence-corrected chi connectivity index (χ2v) is 29.9. The highest BCUT2D eigenvalue weighted by atomic mass is 31.2. The molecule has 0 saturated heterocycles. The zero-order chi connectivity index (χ0) is 69.7. The summed E-state index contributed by atoms with van der Waals surface area (Å²) in [5.41, 5.74) is 0. The van der Waals surface area contributed by atoms with E-state index < -0.39 is 26.5 Å². The molecule has 9 nitrogen and oxygen atoms in total. The molecule has 10 heteroatoms. The van der Waals surface area contributed by atoms with Gasteiger partial charge in [0.1, 0.15) is 19.8 Å². The van der Waals surface area contributed by atoms with Crippen LogP contribution < -0.4 is 0 Å². The van der Waals surface area contributed by atoms with Crippen molar-refractivity contribution in [2.75, 3.05) is 47.5 Å². The van der Waals surface area contributed by atoms with Gasteiger partial charge in [0.2, 0.25) is 0 Å². The van der Waals surface area contributed by atoms with Crippen molar-refractivity contribution in [2.45, 2.75) is 380 Å². The van der Waals surface area contributed by atoms with Crippen molar-refractivity contribution >= 4 is 19.8 Å². The normalized spacial score (nSPS) is 13.6. The average molecular weight is 1360 g/mol. The van der Waals surface area contributed by atoms with Gasteiger partial charge in [0, 0.05) is 12.8 Å². The summed E-state index contributed by atoms with van der Waals surface area (Å²) in [6.07, 6.45) is 108. The number of likely N-dealkylation sites (N-methyl/N-ethyl adjacent to an activating group) is 1. The van der Waals surface area contributed by atoms with Crippen LogP contribution in [0.25, 0.3) is 0 Å². The first-order valence-electron chi connectivity index (χ1n) is 40.6. The molecule has 0 radical (unpaired) electrons. The van der Waals surface area contributed by atoms with Gasteiger partial charge in [0.05, 0.1) is 27.7 Å². The number of esters is 2. The molecular formula is C86H155NO8P+. The van der Waals surface area contributed by atoms with Crippen LogP contribution in [0.3, 0.4) is 0 Å². The van der Waals surface area contributed by atoms with Gasteiger partial charge in [-0.1, -0.05) is 386 Å². The van der Waals surface area contributed by atoms with E-state index in [-0.39, 0.29) is 32.0 Å². The lowest BCUT2D eigenvalue weighted by Gasteiger charge is -2.24. The minimum absolute atomic E-state index is 0.0290. The second-order valence-electron chi connectivity index (χ2n) is 28.4. The van der Waals surface area contributed by atoms with Gasteiger partial charge in [-0.2, -0.15) is 0 Å². The summed E-state index contributed by atoms with van der Waals surface area (Å²) < 4.78 is 34.8. The lowest BCUT2D eigenvalue weighted by molar-refractivity contribution is -0.870. The molecular weight excluding hydrogens is 1210 g/mol. The lowest BCUT2D eigenvalue weighted by Crippen LogP contribution is -2.37. The van der Waals surface area contributed by atoms with Gasteiger partial charge in [0.25, 0.3) is 0 Å². The summed E-state index contributed by atoms with van der Waals surface area (Å²) in [7, 11) is 1.48. The van der Waals surface area contributed by atoms with Gasteiger partial charge >= 0.3 is 19.8 Å². The Hall–Kier alpha value is -3.33. The van der Waals surface area contributed by atoms with Crippen LogP contribution in [0.4, 0.5) is 0 Å². The molecule has 0 aromatic heterocycles. The number of hydrogen-bond donors (Lipinski definition) is 1. The Bertz CT molecular complexity index is 1990. The fourth-order valence-corrected chi connectivity index (χ4v) is 12.4. The van der Waals surface area contributed by atoms with Crippen molar-refractivity contribution in [3.63, 3.8) is 0 Å². The topological polar surface area (TPSA) is 108 Å². The molecule has 0 heterocycles. The molecule has 0 aromatic carbocycles. The first kappa shape index (κ1) is 92.7. The quantitative estimate of drug-likeness (QED) is 0.0211. The summed E-state index contributed by atoms with van der Waals surface area (Å²) in [5, 5.41) is 0. The maximum absolute atomic E-state index is 12.9. The Morgan fingerprint density at radius 1 is 0.333 bits per heavy atom. The van der Waals surface area contributed by atoms with Crippen molar-refractivity contribution in [3.05, 3.63) is 109 Å². The van der Waals surface area contributed by atoms with E-state index in [2.05, 4.69) is 123 Å². The SMILES string of the molecule is CC/C=C\C/C=C\C/C=C\C/C=C\C/C=C\C/C=C\C/C=C\C/C=C\C/C=C\CCCCCCCCCCCCCC(=O)OC(COC(=O)CCCCCCCCCCCCCCCCCCCCCCCCCCCCCCCCCCC)COP(=O)(O)OCC[N+](C)(C)C. The highest BCUT2D eigenvalue weighted by Crippen LogP contribution is 2.43. The van der Waals surface area contributed by atoms with Crippen LogP contribution in [-0.2, 0) is 32.7 Å². The first-order valence-corrected chi connectivity index (χ1v) is 42.1. The molecule has 556 valence electrons. The number of phosphoric ester groups is 1. The average Bonchev–Trinajstić information content (AvgIpc) is 1.98. The number of nitrogens with zero attached hydrogens (tertiary/aromatic N) is 1. The van der Waals surface area contributed by atoms with E-state index in [0.717, 1.165) is 103 Å². The maximum atomic E-state index is 12.9. The number of carbonyl (C=O) groups is 2. The first-order chi connectivity index (χ1) is 47.0. The summed E-state index contributed by atoms with van der Waals surface area (Å²) >= 11 is 0. The molecule has 0 spiro atoms. The molecule has 0 bridgehead atoms. The number of unbranched alkanes of at least 4 members (excludes halogenated alkanes) is 43. The minimum atomic E-state index is -4.40. The van der Waals surface area contributed by atoms with E-state index in [1.165, 1.54) is 238 Å². The van der Waals surface area contributed by atoms with Crippen molar-refractivity contribution in [1.82, 2.24) is 0 Å². The molecule has 0 aliphatic rings. The standard InChI is InChI=1S/C86H154NO8P/c1-6-8-10-12-14-16-18-20-22-24-26-28-30-32-34-36-38-40-41-42-43-44-45-47-49-51-53-55-57-59-61-63-65-67-69-71-73-75-77-79-86(89)95-84(83-94-96(90,91)93-81-80-87(3,4)5)82-92-85(88)78-76-74-72-70-68-66-64-62-60-58-56-54-52-50-48-46-39-37-35-33-31-29-27-25-23-21-19-17-15-13-11-9-7-2/h8,10,14,16,20,22,26,28,32,34,38,40,42-43,45,47,51,53,84H,6-7,9,11-13,15,17-19,21,23-25,27,29-31,33,35-37,39,41,44,46,48-50,52,54-83H2,1-5H3/p+1/b10-8-,16-14-,22-20-,28-26-,34-32-,40-38-,43-42-,47-45-,53-51-. The molecule has 0 fully saturated rings. The Labute approximate surface area is 595 Å². The van der Waals surface area contributed by atoms with Crippen LogP contribution in [-0.4, -0.2) is 74.9 Å². The Morgan fingerprint density at radius 3 is 0.885 bits per heavy atom. The van der Waals surface area contributed by atoms with Crippen molar-refractivity contribution in [2.24, 2.45) is 0 Å². The van der Waals surface area contributed by atoms with Gasteiger partial charge in [-0.3, -0.25) is 18.6 Å². The van der Waals surface area contributed by atoms with Crippen molar-refractivity contribution < 1.29 is 42.1 Å². The maximum Gasteiger partial charge on any atom is 0.472 e. The number of hydrogen-bond acceptors (Lipinski definition) is 7. The van der Waals surface area contributed by atoms with Gasteiger partial charge in [0.15, 0.2) is 6.10 Å². The van der Waals surface area contributed by atoms with E-state index in [9.17, 15) is 19.0 Å². The molecule has 2 unspecified atom stereocenters. The number of rotatable bonds is 75. The van der Waals surface area contributed by atoms with Crippen LogP contribution in [0, 0.1) is 0 Å². The third-order valence-electron chi connectivity index (χ3n) is 17.8. The molecule has 96 heavy (non-hydrogen) atoms. The molecule has 1 N–H and O–H groups in total. The van der Waals surface area contributed by atoms with Gasteiger partial charge in [-0.15, -0.1) is 0 Å². The van der Waals surface area contributed by atoms with Crippen LogP contribution >= 0.6 is 7.82 Å². The van der Waals surface area contributed by atoms with E-state index in [1.54, 1.807) is 0 Å². The van der Waals surface area contributed by atoms with Crippen LogP contribution in [0.1, 0.15) is 373 Å². The van der Waals surface area contributed by atoms with Crippen molar-refractivity contribution in [3.8, 4) is 0 Å². The summed E-state index contributed by atoms with van der Waals surface area (Å²) in [5.74, 6) is -0.788. The number of ether oxygens (including phenoxy) is 2. The minimum Gasteiger partial charge on any atom is -0.462 e. The van der Waals surface area contributed by atoms with E-state index in [1.807, 2.05) is 21.1 Å². The van der Waals surface area contributed by atoms with Crippen LogP contribution in [0.2, 0.25) is 0 Å². The monoisotopic (exact) mass is 1360 g/mol. The van der Waals surface area contributed by atoms with Gasteiger partial charge < -0.3 is 18.9 Å². The zero-order valence-corrected chi connectivity index (χ0v) is 64.5. The molecule has 0 saturated carbocycles.